The Hall–Kier alpha value is -1.23. The Balaban J connectivity index is 2.20. The highest BCUT2D eigenvalue weighted by atomic mass is 35.5. The van der Waals surface area contributed by atoms with Gasteiger partial charge in [-0.2, -0.15) is 13.2 Å². The second kappa shape index (κ2) is 4.90. The zero-order valence-electron chi connectivity index (χ0n) is 11.7. The van der Waals surface area contributed by atoms with Crippen LogP contribution in [-0.4, -0.2) is 9.55 Å². The lowest BCUT2D eigenvalue weighted by Gasteiger charge is -2.44. The Morgan fingerprint density at radius 2 is 2.05 bits per heavy atom. The number of aromatic nitrogens is 2. The fourth-order valence-corrected chi connectivity index (χ4v) is 3.42. The third-order valence-corrected chi connectivity index (χ3v) is 4.83. The topological polar surface area (TPSA) is 17.8 Å². The van der Waals surface area contributed by atoms with Crippen LogP contribution in [0.15, 0.2) is 18.2 Å². The molecule has 1 saturated carbocycles. The lowest BCUT2D eigenvalue weighted by atomic mass is 9.74. The van der Waals surface area contributed by atoms with Crippen LogP contribution in [0.25, 0.3) is 11.0 Å². The summed E-state index contributed by atoms with van der Waals surface area (Å²) < 4.78 is 40.5. The van der Waals surface area contributed by atoms with Crippen LogP contribution < -0.4 is 0 Å². The molecule has 6 heteroatoms. The summed E-state index contributed by atoms with van der Waals surface area (Å²) >= 11 is 5.97. The highest BCUT2D eigenvalue weighted by molar-refractivity contribution is 6.16. The largest absolute Gasteiger partial charge is 0.416 e. The molecule has 0 unspecified atom stereocenters. The van der Waals surface area contributed by atoms with Gasteiger partial charge in [-0.1, -0.05) is 6.92 Å². The molecule has 114 valence electrons. The summed E-state index contributed by atoms with van der Waals surface area (Å²) in [6.45, 7) is 2.10. The summed E-state index contributed by atoms with van der Waals surface area (Å²) in [5.41, 5.74) is 0.430. The Morgan fingerprint density at radius 3 is 2.52 bits per heavy atom. The number of benzene rings is 1. The van der Waals surface area contributed by atoms with Gasteiger partial charge in [-0.15, -0.1) is 11.6 Å². The minimum atomic E-state index is -4.35. The fraction of sp³-hybridized carbons (Fsp3) is 0.533. The van der Waals surface area contributed by atoms with Gasteiger partial charge < -0.3 is 4.57 Å². The Kier molecular flexibility index (Phi) is 3.43. The van der Waals surface area contributed by atoms with Crippen molar-refractivity contribution in [2.24, 2.45) is 0 Å². The van der Waals surface area contributed by atoms with Gasteiger partial charge in [0.05, 0.1) is 22.5 Å². The lowest BCUT2D eigenvalue weighted by molar-refractivity contribution is -0.137. The molecule has 1 aliphatic rings. The van der Waals surface area contributed by atoms with Gasteiger partial charge >= 0.3 is 6.18 Å². The van der Waals surface area contributed by atoms with Crippen molar-refractivity contribution in [1.29, 1.82) is 0 Å². The van der Waals surface area contributed by atoms with Crippen LogP contribution in [0.3, 0.4) is 0 Å². The molecule has 0 amide bonds. The van der Waals surface area contributed by atoms with E-state index in [2.05, 4.69) is 16.5 Å². The molecule has 1 fully saturated rings. The SMILES string of the molecule is CCC1(n2c(CCl)nc3cc(C(F)(F)F)ccc32)CCC1. The van der Waals surface area contributed by atoms with Gasteiger partial charge in [0.25, 0.3) is 0 Å². The molecule has 0 saturated heterocycles. The van der Waals surface area contributed by atoms with Crippen molar-refractivity contribution in [2.45, 2.75) is 50.2 Å². The van der Waals surface area contributed by atoms with Crippen LogP contribution in [-0.2, 0) is 17.6 Å². The number of halogens is 4. The lowest BCUT2D eigenvalue weighted by Crippen LogP contribution is -2.40. The average Bonchev–Trinajstić information content (AvgIpc) is 2.76. The van der Waals surface area contributed by atoms with E-state index in [0.717, 1.165) is 43.3 Å². The maximum atomic E-state index is 12.8. The van der Waals surface area contributed by atoms with E-state index in [4.69, 9.17) is 11.6 Å². The van der Waals surface area contributed by atoms with E-state index in [9.17, 15) is 13.2 Å². The van der Waals surface area contributed by atoms with Crippen molar-refractivity contribution in [1.82, 2.24) is 9.55 Å². The van der Waals surface area contributed by atoms with E-state index in [1.807, 2.05) is 0 Å². The van der Waals surface area contributed by atoms with E-state index in [-0.39, 0.29) is 11.4 Å². The molecule has 2 aromatic rings. The van der Waals surface area contributed by atoms with E-state index in [1.54, 1.807) is 0 Å². The number of imidazole rings is 1. The van der Waals surface area contributed by atoms with Crippen molar-refractivity contribution in [3.63, 3.8) is 0 Å². The van der Waals surface area contributed by atoms with Gasteiger partial charge in [0.2, 0.25) is 0 Å². The number of nitrogens with zero attached hydrogens (tertiary/aromatic N) is 2. The second-order valence-corrected chi connectivity index (χ2v) is 5.90. The van der Waals surface area contributed by atoms with Crippen LogP contribution in [0.2, 0.25) is 0 Å². The van der Waals surface area contributed by atoms with Crippen LogP contribution in [0, 0.1) is 0 Å². The first kappa shape index (κ1) is 14.7. The number of rotatable bonds is 3. The molecule has 0 atom stereocenters. The second-order valence-electron chi connectivity index (χ2n) is 5.63. The molecule has 0 spiro atoms. The van der Waals surface area contributed by atoms with E-state index >= 15 is 0 Å². The molecule has 1 heterocycles. The molecule has 1 aromatic carbocycles. The van der Waals surface area contributed by atoms with Crippen molar-refractivity contribution in [3.05, 3.63) is 29.6 Å². The molecule has 21 heavy (non-hydrogen) atoms. The molecular weight excluding hydrogens is 301 g/mol. The molecule has 0 aliphatic heterocycles. The smallest absolute Gasteiger partial charge is 0.321 e. The van der Waals surface area contributed by atoms with Crippen LogP contribution >= 0.6 is 11.6 Å². The van der Waals surface area contributed by atoms with E-state index in [0.29, 0.717) is 11.3 Å². The van der Waals surface area contributed by atoms with Gasteiger partial charge in [-0.25, -0.2) is 4.98 Å². The third-order valence-electron chi connectivity index (χ3n) is 4.59. The van der Waals surface area contributed by atoms with E-state index < -0.39 is 11.7 Å². The molecule has 0 bridgehead atoms. The summed E-state index contributed by atoms with van der Waals surface area (Å²) in [7, 11) is 0. The molecule has 0 radical (unpaired) electrons. The molecule has 2 nitrogen and oxygen atoms in total. The first-order valence-electron chi connectivity index (χ1n) is 7.06. The van der Waals surface area contributed by atoms with Gasteiger partial charge in [-0.05, 0) is 43.9 Å². The summed E-state index contributed by atoms with van der Waals surface area (Å²) in [5.74, 6) is 0.866. The minimum absolute atomic E-state index is 0.0290. The van der Waals surface area contributed by atoms with E-state index in [1.165, 1.54) is 6.07 Å². The zero-order valence-corrected chi connectivity index (χ0v) is 12.4. The van der Waals surface area contributed by atoms with Crippen LogP contribution in [0.1, 0.15) is 44.0 Å². The Labute approximate surface area is 125 Å². The van der Waals surface area contributed by atoms with Crippen molar-refractivity contribution in [2.75, 3.05) is 0 Å². The normalized spacial score (nSPS) is 18.0. The number of hydrogen-bond donors (Lipinski definition) is 0. The van der Waals surface area contributed by atoms with Gasteiger partial charge in [0, 0.05) is 5.54 Å². The summed E-state index contributed by atoms with van der Waals surface area (Å²) in [5, 5.41) is 0. The molecule has 0 N–H and O–H groups in total. The predicted molar refractivity (Wildman–Crippen MR) is 76.4 cm³/mol. The zero-order chi connectivity index (χ0) is 15.3. The Morgan fingerprint density at radius 1 is 1.33 bits per heavy atom. The average molecular weight is 317 g/mol. The van der Waals surface area contributed by atoms with Gasteiger partial charge in [0.1, 0.15) is 5.82 Å². The van der Waals surface area contributed by atoms with Crippen molar-refractivity contribution >= 4 is 22.6 Å². The van der Waals surface area contributed by atoms with Gasteiger partial charge in [-0.3, -0.25) is 0 Å². The molecular formula is C15H16ClF3N2. The fourth-order valence-electron chi connectivity index (χ4n) is 3.25. The monoisotopic (exact) mass is 316 g/mol. The van der Waals surface area contributed by atoms with Crippen molar-refractivity contribution in [3.8, 4) is 0 Å². The molecule has 1 aliphatic carbocycles. The maximum Gasteiger partial charge on any atom is 0.416 e. The Bertz CT molecular complexity index is 666. The van der Waals surface area contributed by atoms with Crippen LogP contribution in [0.4, 0.5) is 13.2 Å². The first-order chi connectivity index (χ1) is 9.91. The number of alkyl halides is 4. The molecule has 3 rings (SSSR count). The first-order valence-corrected chi connectivity index (χ1v) is 7.60. The number of fused-ring (bicyclic) bond motifs is 1. The highest BCUT2D eigenvalue weighted by Gasteiger charge is 2.40. The third kappa shape index (κ3) is 2.22. The maximum absolute atomic E-state index is 12.8. The summed E-state index contributed by atoms with van der Waals surface area (Å²) in [6, 6.07) is 3.77. The van der Waals surface area contributed by atoms with Crippen molar-refractivity contribution < 1.29 is 13.2 Å². The predicted octanol–water partition coefficient (Wildman–Crippen LogP) is 5.08. The summed E-state index contributed by atoms with van der Waals surface area (Å²) in [4.78, 5) is 4.33. The van der Waals surface area contributed by atoms with Gasteiger partial charge in [0.15, 0.2) is 0 Å². The quantitative estimate of drug-likeness (QED) is 0.722. The van der Waals surface area contributed by atoms with Crippen LogP contribution in [0.5, 0.6) is 0 Å². The summed E-state index contributed by atoms with van der Waals surface area (Å²) in [6.07, 6.45) is -0.225. The standard InChI is InChI=1S/C15H16ClF3N2/c1-2-14(6-3-7-14)21-12-5-4-10(15(17,18)19)8-11(12)20-13(21)9-16/h4-5,8H,2-3,6-7,9H2,1H3. The highest BCUT2D eigenvalue weighted by Crippen LogP contribution is 2.45. The molecule has 1 aromatic heterocycles. The number of hydrogen-bond acceptors (Lipinski definition) is 1. The minimum Gasteiger partial charge on any atom is -0.321 e.